The summed E-state index contributed by atoms with van der Waals surface area (Å²) >= 11 is 3.35. The van der Waals surface area contributed by atoms with Crippen LogP contribution in [0.1, 0.15) is 11.1 Å². The van der Waals surface area contributed by atoms with Gasteiger partial charge in [-0.05, 0) is 51.8 Å². The quantitative estimate of drug-likeness (QED) is 0.927. The highest BCUT2D eigenvalue weighted by Gasteiger charge is 2.02. The molecule has 0 spiro atoms. The van der Waals surface area contributed by atoms with Crippen molar-refractivity contribution in [3.8, 4) is 6.07 Å². The van der Waals surface area contributed by atoms with E-state index in [1.165, 1.54) is 12.1 Å². The summed E-state index contributed by atoms with van der Waals surface area (Å²) in [7, 11) is 0. The first-order valence-corrected chi connectivity index (χ1v) is 6.16. The minimum Gasteiger partial charge on any atom is -0.380 e. The summed E-state index contributed by atoms with van der Waals surface area (Å²) in [6.45, 7) is 0.539. The fraction of sp³-hybridized carbons (Fsp3) is 0.0714. The first-order chi connectivity index (χ1) is 8.69. The standard InChI is InChI=1S/C14H10BrFN2/c15-13-5-4-12(16)7-14(13)18-9-11-3-1-2-10(6-11)8-17/h1-7,18H,9H2. The third-order valence-electron chi connectivity index (χ3n) is 2.47. The number of nitrogens with zero attached hydrogens (tertiary/aromatic N) is 1. The molecule has 0 unspecified atom stereocenters. The lowest BCUT2D eigenvalue weighted by molar-refractivity contribution is 0.628. The molecule has 2 aromatic carbocycles. The van der Waals surface area contributed by atoms with Crippen molar-refractivity contribution in [2.24, 2.45) is 0 Å². The predicted octanol–water partition coefficient (Wildman–Crippen LogP) is 4.07. The highest BCUT2D eigenvalue weighted by Crippen LogP contribution is 2.23. The average molecular weight is 305 g/mol. The molecule has 4 heteroatoms. The molecule has 0 aliphatic carbocycles. The molecule has 2 aromatic rings. The third kappa shape index (κ3) is 3.08. The molecule has 2 nitrogen and oxygen atoms in total. The van der Waals surface area contributed by atoms with Crippen LogP contribution in [0.2, 0.25) is 0 Å². The van der Waals surface area contributed by atoms with E-state index >= 15 is 0 Å². The molecular weight excluding hydrogens is 295 g/mol. The summed E-state index contributed by atoms with van der Waals surface area (Å²) in [5.41, 5.74) is 2.29. The van der Waals surface area contributed by atoms with Crippen molar-refractivity contribution in [2.75, 3.05) is 5.32 Å². The second kappa shape index (κ2) is 5.65. The molecule has 1 N–H and O–H groups in total. The van der Waals surface area contributed by atoms with E-state index in [9.17, 15) is 4.39 Å². The Bertz CT molecular complexity index is 605. The van der Waals surface area contributed by atoms with Gasteiger partial charge in [0.2, 0.25) is 0 Å². The number of hydrogen-bond acceptors (Lipinski definition) is 2. The van der Waals surface area contributed by atoms with Gasteiger partial charge in [0.15, 0.2) is 0 Å². The number of benzene rings is 2. The Labute approximate surface area is 113 Å². The van der Waals surface area contributed by atoms with Crippen LogP contribution in [0.3, 0.4) is 0 Å². The van der Waals surface area contributed by atoms with E-state index in [2.05, 4.69) is 27.3 Å². The minimum atomic E-state index is -0.286. The number of nitriles is 1. The van der Waals surface area contributed by atoms with Gasteiger partial charge >= 0.3 is 0 Å². The summed E-state index contributed by atoms with van der Waals surface area (Å²) in [5, 5.41) is 11.9. The molecule has 90 valence electrons. The minimum absolute atomic E-state index is 0.286. The summed E-state index contributed by atoms with van der Waals surface area (Å²) < 4.78 is 13.9. The van der Waals surface area contributed by atoms with Gasteiger partial charge in [0.25, 0.3) is 0 Å². The molecule has 2 rings (SSSR count). The van der Waals surface area contributed by atoms with Crippen LogP contribution in [0.4, 0.5) is 10.1 Å². The monoisotopic (exact) mass is 304 g/mol. The third-order valence-corrected chi connectivity index (χ3v) is 3.16. The van der Waals surface area contributed by atoms with Gasteiger partial charge < -0.3 is 5.32 Å². The first kappa shape index (κ1) is 12.6. The Morgan fingerprint density at radius 2 is 2.06 bits per heavy atom. The molecule has 18 heavy (non-hydrogen) atoms. The normalized spacial score (nSPS) is 9.83. The topological polar surface area (TPSA) is 35.8 Å². The smallest absolute Gasteiger partial charge is 0.125 e. The molecule has 0 bridgehead atoms. The van der Waals surface area contributed by atoms with Gasteiger partial charge in [0.1, 0.15) is 5.82 Å². The lowest BCUT2D eigenvalue weighted by atomic mass is 10.1. The Morgan fingerprint density at radius 3 is 2.83 bits per heavy atom. The fourth-order valence-corrected chi connectivity index (χ4v) is 1.97. The number of nitrogens with one attached hydrogen (secondary N) is 1. The van der Waals surface area contributed by atoms with E-state index in [0.29, 0.717) is 17.8 Å². The van der Waals surface area contributed by atoms with Crippen molar-refractivity contribution >= 4 is 21.6 Å². The van der Waals surface area contributed by atoms with Gasteiger partial charge in [-0.2, -0.15) is 5.26 Å². The maximum atomic E-state index is 13.1. The molecule has 0 fully saturated rings. The molecule has 0 aliphatic rings. The summed E-state index contributed by atoms with van der Waals surface area (Å²) in [5.74, 6) is -0.286. The zero-order valence-corrected chi connectivity index (χ0v) is 11.0. The van der Waals surface area contributed by atoms with Crippen LogP contribution in [0.25, 0.3) is 0 Å². The molecule has 0 radical (unpaired) electrons. The fourth-order valence-electron chi connectivity index (χ4n) is 1.58. The van der Waals surface area contributed by atoms with Crippen molar-refractivity contribution in [1.82, 2.24) is 0 Å². The summed E-state index contributed by atoms with van der Waals surface area (Å²) in [6.07, 6.45) is 0. The molecule has 0 saturated carbocycles. The lowest BCUT2D eigenvalue weighted by Gasteiger charge is -2.09. The van der Waals surface area contributed by atoms with Gasteiger partial charge in [-0.25, -0.2) is 4.39 Å². The Morgan fingerprint density at radius 1 is 1.22 bits per heavy atom. The van der Waals surface area contributed by atoms with Crippen LogP contribution in [0.5, 0.6) is 0 Å². The second-order valence-electron chi connectivity index (χ2n) is 3.79. The maximum Gasteiger partial charge on any atom is 0.125 e. The SMILES string of the molecule is N#Cc1cccc(CNc2cc(F)ccc2Br)c1. The molecule has 0 amide bonds. The van der Waals surface area contributed by atoms with Crippen LogP contribution in [0, 0.1) is 17.1 Å². The van der Waals surface area contributed by atoms with Crippen molar-refractivity contribution in [2.45, 2.75) is 6.54 Å². The summed E-state index contributed by atoms with van der Waals surface area (Å²) in [4.78, 5) is 0. The second-order valence-corrected chi connectivity index (χ2v) is 4.64. The van der Waals surface area contributed by atoms with E-state index in [1.807, 2.05) is 12.1 Å². The van der Waals surface area contributed by atoms with Crippen molar-refractivity contribution in [1.29, 1.82) is 5.26 Å². The molecule has 0 aliphatic heterocycles. The highest BCUT2D eigenvalue weighted by molar-refractivity contribution is 9.10. The van der Waals surface area contributed by atoms with Crippen LogP contribution in [-0.2, 0) is 6.54 Å². The van der Waals surface area contributed by atoms with Gasteiger partial charge in [0, 0.05) is 11.0 Å². The zero-order valence-electron chi connectivity index (χ0n) is 9.45. The zero-order chi connectivity index (χ0) is 13.0. The molecule has 0 atom stereocenters. The number of hydrogen-bond donors (Lipinski definition) is 1. The van der Waals surface area contributed by atoms with Crippen molar-refractivity contribution < 1.29 is 4.39 Å². The molecular formula is C14H10BrFN2. The largest absolute Gasteiger partial charge is 0.380 e. The first-order valence-electron chi connectivity index (χ1n) is 5.37. The van der Waals surface area contributed by atoms with Gasteiger partial charge in [-0.15, -0.1) is 0 Å². The highest BCUT2D eigenvalue weighted by atomic mass is 79.9. The van der Waals surface area contributed by atoms with Crippen molar-refractivity contribution in [3.05, 3.63) is 63.9 Å². The summed E-state index contributed by atoms with van der Waals surface area (Å²) in [6, 6.07) is 13.9. The van der Waals surface area contributed by atoms with Crippen LogP contribution in [-0.4, -0.2) is 0 Å². The van der Waals surface area contributed by atoms with E-state index < -0.39 is 0 Å². The van der Waals surface area contributed by atoms with E-state index in [0.717, 1.165) is 10.0 Å². The Balaban J connectivity index is 2.11. The van der Waals surface area contributed by atoms with Gasteiger partial charge in [-0.3, -0.25) is 0 Å². The van der Waals surface area contributed by atoms with Crippen LogP contribution >= 0.6 is 15.9 Å². The van der Waals surface area contributed by atoms with Crippen LogP contribution in [0.15, 0.2) is 46.9 Å². The Kier molecular flexibility index (Phi) is 3.96. The molecule has 0 saturated heterocycles. The molecule has 0 aromatic heterocycles. The van der Waals surface area contributed by atoms with Crippen molar-refractivity contribution in [3.63, 3.8) is 0 Å². The van der Waals surface area contributed by atoms with E-state index in [1.54, 1.807) is 18.2 Å². The average Bonchev–Trinajstić information content (AvgIpc) is 2.40. The number of rotatable bonds is 3. The maximum absolute atomic E-state index is 13.1. The van der Waals surface area contributed by atoms with E-state index in [4.69, 9.17) is 5.26 Å². The van der Waals surface area contributed by atoms with Crippen LogP contribution < -0.4 is 5.32 Å². The lowest BCUT2D eigenvalue weighted by Crippen LogP contribution is -2.00. The molecule has 0 heterocycles. The number of halogens is 2. The number of anilines is 1. The van der Waals surface area contributed by atoms with Gasteiger partial charge in [0.05, 0.1) is 17.3 Å². The van der Waals surface area contributed by atoms with E-state index in [-0.39, 0.29) is 5.82 Å². The van der Waals surface area contributed by atoms with Gasteiger partial charge in [-0.1, -0.05) is 12.1 Å². The predicted molar refractivity (Wildman–Crippen MR) is 72.6 cm³/mol. The Hall–Kier alpha value is -1.86.